The van der Waals surface area contributed by atoms with E-state index >= 15 is 0 Å². The number of nitrogens with zero attached hydrogens (tertiary/aromatic N) is 3. The van der Waals surface area contributed by atoms with Gasteiger partial charge in [-0.1, -0.05) is 36.0 Å². The van der Waals surface area contributed by atoms with E-state index in [2.05, 4.69) is 16.3 Å². The van der Waals surface area contributed by atoms with E-state index in [-0.39, 0.29) is 17.3 Å². The van der Waals surface area contributed by atoms with Crippen molar-refractivity contribution in [2.24, 2.45) is 0 Å². The highest BCUT2D eigenvalue weighted by molar-refractivity contribution is 8.00. The van der Waals surface area contributed by atoms with Gasteiger partial charge < -0.3 is 15.0 Å². The Morgan fingerprint density at radius 2 is 2.12 bits per heavy atom. The molecule has 8 heteroatoms. The van der Waals surface area contributed by atoms with E-state index in [1.807, 2.05) is 31.3 Å². The summed E-state index contributed by atoms with van der Waals surface area (Å²) >= 11 is 1.18. The Kier molecular flexibility index (Phi) is 6.92. The SMILES string of the molecule is COc1cccc(-c2c(C#N)c(SCC(=O)Nc3ccccc3F)nc3c2CN(C)CC3)c1. The number of likely N-dealkylation sites (N-methyl/N-ethyl adjacent to an activating group) is 1. The lowest BCUT2D eigenvalue weighted by molar-refractivity contribution is -0.113. The molecule has 0 saturated carbocycles. The Morgan fingerprint density at radius 3 is 2.88 bits per heavy atom. The van der Waals surface area contributed by atoms with Crippen LogP contribution >= 0.6 is 11.8 Å². The summed E-state index contributed by atoms with van der Waals surface area (Å²) in [4.78, 5) is 19.4. The second-order valence-electron chi connectivity index (χ2n) is 7.74. The lowest BCUT2D eigenvalue weighted by atomic mass is 9.91. The largest absolute Gasteiger partial charge is 0.497 e. The van der Waals surface area contributed by atoms with Crippen LogP contribution in [0.4, 0.5) is 10.1 Å². The Morgan fingerprint density at radius 1 is 1.30 bits per heavy atom. The number of nitriles is 1. The van der Waals surface area contributed by atoms with Gasteiger partial charge in [0.1, 0.15) is 22.7 Å². The number of halogens is 1. The third-order valence-electron chi connectivity index (χ3n) is 5.47. The zero-order valence-corrected chi connectivity index (χ0v) is 19.2. The van der Waals surface area contributed by atoms with Gasteiger partial charge in [-0.15, -0.1) is 0 Å². The van der Waals surface area contributed by atoms with Gasteiger partial charge in [0.25, 0.3) is 0 Å². The first kappa shape index (κ1) is 22.8. The lowest BCUT2D eigenvalue weighted by Crippen LogP contribution is -2.28. The number of amides is 1. The highest BCUT2D eigenvalue weighted by Crippen LogP contribution is 2.38. The highest BCUT2D eigenvalue weighted by Gasteiger charge is 2.25. The summed E-state index contributed by atoms with van der Waals surface area (Å²) in [5.74, 6) is -0.155. The molecule has 0 saturated heterocycles. The Bertz CT molecular complexity index is 1240. The average Bonchev–Trinajstić information content (AvgIpc) is 2.83. The predicted molar refractivity (Wildman–Crippen MR) is 127 cm³/mol. The second-order valence-corrected chi connectivity index (χ2v) is 8.70. The number of aromatic nitrogens is 1. The zero-order valence-electron chi connectivity index (χ0n) is 18.4. The number of para-hydroxylation sites is 1. The number of benzene rings is 2. The van der Waals surface area contributed by atoms with Crippen molar-refractivity contribution in [3.8, 4) is 22.9 Å². The maximum atomic E-state index is 13.9. The molecule has 1 aliphatic rings. The van der Waals surface area contributed by atoms with Gasteiger partial charge in [-0.25, -0.2) is 9.37 Å². The standard InChI is InChI=1S/C25H23FN4O2S/c1-30-11-10-21-19(14-30)24(16-6-5-7-17(12-16)32-2)18(13-27)25(29-21)33-15-23(31)28-22-9-4-3-8-20(22)26/h3-9,12H,10-11,14-15H2,1-2H3,(H,28,31). The van der Waals surface area contributed by atoms with Crippen LogP contribution in [0.5, 0.6) is 5.75 Å². The Labute approximate surface area is 196 Å². The van der Waals surface area contributed by atoms with Gasteiger partial charge in [-0.3, -0.25) is 4.79 Å². The van der Waals surface area contributed by atoms with Crippen LogP contribution in [-0.2, 0) is 17.8 Å². The minimum Gasteiger partial charge on any atom is -0.497 e. The molecule has 2 heterocycles. The molecule has 0 aliphatic carbocycles. The summed E-state index contributed by atoms with van der Waals surface area (Å²) in [6, 6.07) is 15.9. The quantitative estimate of drug-likeness (QED) is 0.544. The third kappa shape index (κ3) is 5.00. The normalized spacial score (nSPS) is 13.2. The van der Waals surface area contributed by atoms with Crippen LogP contribution in [0.3, 0.4) is 0 Å². The number of carbonyl (C=O) groups is 1. The number of pyridine rings is 1. The van der Waals surface area contributed by atoms with E-state index in [1.54, 1.807) is 19.2 Å². The summed E-state index contributed by atoms with van der Waals surface area (Å²) in [5.41, 5.74) is 4.21. The molecule has 1 amide bonds. The molecule has 1 aromatic heterocycles. The maximum Gasteiger partial charge on any atom is 0.234 e. The number of methoxy groups -OCH3 is 1. The van der Waals surface area contributed by atoms with Crippen molar-refractivity contribution in [1.82, 2.24) is 9.88 Å². The molecule has 0 bridgehead atoms. The van der Waals surface area contributed by atoms with Crippen molar-refractivity contribution >= 4 is 23.4 Å². The van der Waals surface area contributed by atoms with E-state index in [1.165, 1.54) is 23.9 Å². The first-order valence-electron chi connectivity index (χ1n) is 10.5. The van der Waals surface area contributed by atoms with Crippen molar-refractivity contribution in [2.45, 2.75) is 18.0 Å². The van der Waals surface area contributed by atoms with Crippen LogP contribution in [0.1, 0.15) is 16.8 Å². The van der Waals surface area contributed by atoms with E-state index in [0.29, 0.717) is 22.9 Å². The smallest absolute Gasteiger partial charge is 0.234 e. The van der Waals surface area contributed by atoms with Gasteiger partial charge in [-0.2, -0.15) is 5.26 Å². The number of hydrogen-bond acceptors (Lipinski definition) is 6. The molecule has 0 unspecified atom stereocenters. The Hall–Kier alpha value is -3.41. The van der Waals surface area contributed by atoms with Crippen LogP contribution < -0.4 is 10.1 Å². The molecule has 1 aliphatic heterocycles. The van der Waals surface area contributed by atoms with Crippen molar-refractivity contribution in [2.75, 3.05) is 31.8 Å². The topological polar surface area (TPSA) is 78.2 Å². The molecule has 0 fully saturated rings. The molecule has 168 valence electrons. The van der Waals surface area contributed by atoms with Gasteiger partial charge in [0.2, 0.25) is 5.91 Å². The number of anilines is 1. The van der Waals surface area contributed by atoms with Crippen LogP contribution in [0.2, 0.25) is 0 Å². The summed E-state index contributed by atoms with van der Waals surface area (Å²) in [7, 11) is 3.65. The van der Waals surface area contributed by atoms with E-state index < -0.39 is 5.82 Å². The second kappa shape index (κ2) is 10.0. The number of thioether (sulfide) groups is 1. The fraction of sp³-hybridized carbons (Fsp3) is 0.240. The fourth-order valence-corrected chi connectivity index (χ4v) is 4.67. The van der Waals surface area contributed by atoms with Gasteiger partial charge in [-0.05, 0) is 42.4 Å². The van der Waals surface area contributed by atoms with Crippen LogP contribution in [0, 0.1) is 17.1 Å². The van der Waals surface area contributed by atoms with Crippen molar-refractivity contribution in [3.63, 3.8) is 0 Å². The first-order chi connectivity index (χ1) is 16.0. The van der Waals surface area contributed by atoms with Crippen LogP contribution in [0.25, 0.3) is 11.1 Å². The molecule has 0 radical (unpaired) electrons. The molecule has 1 N–H and O–H groups in total. The summed E-state index contributed by atoms with van der Waals surface area (Å²) < 4.78 is 19.3. The predicted octanol–water partition coefficient (Wildman–Crippen LogP) is 4.49. The fourth-order valence-electron chi connectivity index (χ4n) is 3.86. The minimum absolute atomic E-state index is 0.00620. The first-order valence-corrected chi connectivity index (χ1v) is 11.4. The number of carbonyl (C=O) groups excluding carboxylic acids is 1. The number of hydrogen-bond donors (Lipinski definition) is 1. The molecule has 6 nitrogen and oxygen atoms in total. The van der Waals surface area contributed by atoms with Gasteiger partial charge in [0.05, 0.1) is 24.1 Å². The summed E-state index contributed by atoms with van der Waals surface area (Å²) in [5, 5.41) is 13.2. The average molecular weight is 463 g/mol. The van der Waals surface area contributed by atoms with Crippen LogP contribution in [-0.4, -0.2) is 42.2 Å². The molecule has 2 aromatic carbocycles. The lowest BCUT2D eigenvalue weighted by Gasteiger charge is -2.28. The summed E-state index contributed by atoms with van der Waals surface area (Å²) in [6.45, 7) is 1.55. The monoisotopic (exact) mass is 462 g/mol. The van der Waals surface area contributed by atoms with Gasteiger partial charge in [0.15, 0.2) is 0 Å². The third-order valence-corrected chi connectivity index (χ3v) is 6.44. The maximum absolute atomic E-state index is 13.9. The molecular weight excluding hydrogens is 439 g/mol. The minimum atomic E-state index is -0.495. The number of ether oxygens (including phenoxy) is 1. The molecule has 0 atom stereocenters. The summed E-state index contributed by atoms with van der Waals surface area (Å²) in [6.07, 6.45) is 0.753. The van der Waals surface area contributed by atoms with Crippen LogP contribution in [0.15, 0.2) is 53.6 Å². The van der Waals surface area contributed by atoms with Crippen molar-refractivity contribution in [3.05, 3.63) is 71.2 Å². The van der Waals surface area contributed by atoms with E-state index in [0.717, 1.165) is 35.3 Å². The van der Waals surface area contributed by atoms with Crippen molar-refractivity contribution < 1.29 is 13.9 Å². The molecular formula is C25H23FN4O2S. The molecule has 4 rings (SSSR count). The van der Waals surface area contributed by atoms with Gasteiger partial charge >= 0.3 is 0 Å². The zero-order chi connectivity index (χ0) is 23.4. The number of nitrogens with one attached hydrogen (secondary N) is 1. The highest BCUT2D eigenvalue weighted by atomic mass is 32.2. The Balaban J connectivity index is 1.69. The van der Waals surface area contributed by atoms with Crippen molar-refractivity contribution in [1.29, 1.82) is 5.26 Å². The van der Waals surface area contributed by atoms with E-state index in [9.17, 15) is 14.4 Å². The number of rotatable bonds is 6. The van der Waals surface area contributed by atoms with E-state index in [4.69, 9.17) is 9.72 Å². The number of fused-ring (bicyclic) bond motifs is 1. The molecule has 33 heavy (non-hydrogen) atoms. The molecule has 3 aromatic rings. The molecule has 0 spiro atoms. The van der Waals surface area contributed by atoms with Gasteiger partial charge in [0, 0.05) is 30.8 Å².